The second-order valence-electron chi connectivity index (χ2n) is 5.08. The fourth-order valence-electron chi connectivity index (χ4n) is 2.76. The van der Waals surface area contributed by atoms with Crippen LogP contribution < -0.4 is 5.76 Å². The van der Waals surface area contributed by atoms with Crippen LogP contribution in [0.25, 0.3) is 11.1 Å². The smallest absolute Gasteiger partial charge is 0.408 e. The Morgan fingerprint density at radius 2 is 2.20 bits per heavy atom. The molecule has 0 amide bonds. The van der Waals surface area contributed by atoms with Gasteiger partial charge in [-0.05, 0) is 48.6 Å². The van der Waals surface area contributed by atoms with Gasteiger partial charge in [-0.25, -0.2) is 4.79 Å². The minimum Gasteiger partial charge on any atom is -0.408 e. The number of hydrogen-bond donors (Lipinski definition) is 1. The highest BCUT2D eigenvalue weighted by molar-refractivity contribution is 9.09. The third-order valence-electron chi connectivity index (χ3n) is 3.75. The molecular formula is C15H12BrNO2S. The van der Waals surface area contributed by atoms with Crippen molar-refractivity contribution in [1.29, 1.82) is 0 Å². The van der Waals surface area contributed by atoms with Crippen molar-refractivity contribution in [3.63, 3.8) is 0 Å². The van der Waals surface area contributed by atoms with E-state index in [0.29, 0.717) is 5.58 Å². The van der Waals surface area contributed by atoms with Gasteiger partial charge in [0.2, 0.25) is 0 Å². The Morgan fingerprint density at radius 1 is 1.30 bits per heavy atom. The quantitative estimate of drug-likeness (QED) is 0.706. The molecule has 1 aliphatic rings. The molecule has 0 bridgehead atoms. The van der Waals surface area contributed by atoms with Crippen LogP contribution in [-0.4, -0.2) is 4.98 Å². The van der Waals surface area contributed by atoms with Crippen LogP contribution in [-0.2, 0) is 12.8 Å². The third kappa shape index (κ3) is 1.96. The summed E-state index contributed by atoms with van der Waals surface area (Å²) < 4.78 is 5.13. The lowest BCUT2D eigenvalue weighted by molar-refractivity contribution is 0.555. The monoisotopic (exact) mass is 349 g/mol. The summed E-state index contributed by atoms with van der Waals surface area (Å²) >= 11 is 5.66. The lowest BCUT2D eigenvalue weighted by atomic mass is 10.1. The van der Waals surface area contributed by atoms with E-state index in [4.69, 9.17) is 4.42 Å². The topological polar surface area (TPSA) is 46.0 Å². The molecule has 5 heteroatoms. The van der Waals surface area contributed by atoms with Crippen LogP contribution in [0.15, 0.2) is 33.5 Å². The van der Waals surface area contributed by atoms with Crippen LogP contribution in [0.5, 0.6) is 0 Å². The summed E-state index contributed by atoms with van der Waals surface area (Å²) in [5.41, 5.74) is 3.97. The van der Waals surface area contributed by atoms with Gasteiger partial charge in [0.05, 0.1) is 10.3 Å². The van der Waals surface area contributed by atoms with E-state index < -0.39 is 5.76 Å². The Hall–Kier alpha value is -1.33. The zero-order chi connectivity index (χ0) is 13.7. The van der Waals surface area contributed by atoms with Gasteiger partial charge in [-0.3, -0.25) is 4.98 Å². The van der Waals surface area contributed by atoms with Gasteiger partial charge in [-0.15, -0.1) is 11.3 Å². The van der Waals surface area contributed by atoms with E-state index in [9.17, 15) is 4.79 Å². The first-order chi connectivity index (χ1) is 9.70. The van der Waals surface area contributed by atoms with Gasteiger partial charge in [0.1, 0.15) is 0 Å². The molecule has 1 unspecified atom stereocenters. The van der Waals surface area contributed by atoms with Gasteiger partial charge in [-0.1, -0.05) is 22.0 Å². The number of thiophene rings is 1. The molecule has 2 heterocycles. The van der Waals surface area contributed by atoms with Crippen molar-refractivity contribution in [2.24, 2.45) is 0 Å². The summed E-state index contributed by atoms with van der Waals surface area (Å²) in [6.07, 6.45) is 3.71. The van der Waals surface area contributed by atoms with Crippen molar-refractivity contribution in [2.45, 2.75) is 24.1 Å². The van der Waals surface area contributed by atoms with Crippen molar-refractivity contribution >= 4 is 38.4 Å². The van der Waals surface area contributed by atoms with Gasteiger partial charge in [-0.2, -0.15) is 0 Å². The number of alkyl halides is 1. The largest absolute Gasteiger partial charge is 0.417 e. The molecule has 0 spiro atoms. The van der Waals surface area contributed by atoms with Crippen molar-refractivity contribution in [1.82, 2.24) is 4.98 Å². The van der Waals surface area contributed by atoms with Gasteiger partial charge < -0.3 is 4.42 Å². The fraction of sp³-hybridized carbons (Fsp3) is 0.267. The van der Waals surface area contributed by atoms with E-state index in [0.717, 1.165) is 11.1 Å². The van der Waals surface area contributed by atoms with E-state index in [-0.39, 0.29) is 4.83 Å². The molecule has 1 atom stereocenters. The molecule has 3 nitrogen and oxygen atoms in total. The molecule has 0 saturated carbocycles. The molecule has 1 aromatic carbocycles. The molecule has 0 radical (unpaired) electrons. The minimum absolute atomic E-state index is 0.155. The average Bonchev–Trinajstić information content (AvgIpc) is 3.08. The Labute approximate surface area is 127 Å². The number of aryl methyl sites for hydroxylation is 2. The van der Waals surface area contributed by atoms with Gasteiger partial charge in [0.15, 0.2) is 5.58 Å². The lowest BCUT2D eigenvalue weighted by Gasteiger charge is -2.07. The number of nitrogens with one attached hydrogen (secondary N) is 1. The molecule has 0 saturated heterocycles. The maximum absolute atomic E-state index is 11.2. The first kappa shape index (κ1) is 12.4. The van der Waals surface area contributed by atoms with Gasteiger partial charge >= 0.3 is 5.76 Å². The van der Waals surface area contributed by atoms with E-state index >= 15 is 0 Å². The number of H-pyrrole nitrogens is 1. The normalized spacial score (nSPS) is 15.7. The van der Waals surface area contributed by atoms with E-state index in [1.165, 1.54) is 34.6 Å². The highest BCUT2D eigenvalue weighted by Crippen LogP contribution is 2.40. The molecule has 1 aliphatic carbocycles. The SMILES string of the molecule is O=c1[nH]c2ccc(C(Br)c3cc4c(s3)CCC4)cc2o1. The van der Waals surface area contributed by atoms with Gasteiger partial charge in [0, 0.05) is 9.75 Å². The van der Waals surface area contributed by atoms with Crippen LogP contribution >= 0.6 is 27.3 Å². The number of halogens is 1. The fourth-order valence-corrected chi connectivity index (χ4v) is 4.72. The standard InChI is InChI=1S/C15H12BrNO2S/c16-14(13-7-8-2-1-3-12(8)20-13)9-4-5-10-11(6-9)19-15(18)17-10/h4-7,14H,1-3H2,(H,17,18). The number of hydrogen-bond acceptors (Lipinski definition) is 3. The molecule has 102 valence electrons. The number of aromatic amines is 1. The summed E-state index contributed by atoms with van der Waals surface area (Å²) in [6.45, 7) is 0. The van der Waals surface area contributed by atoms with Crippen LogP contribution in [0.1, 0.15) is 32.1 Å². The zero-order valence-corrected chi connectivity index (χ0v) is 13.0. The van der Waals surface area contributed by atoms with E-state index in [1.54, 1.807) is 0 Å². The lowest BCUT2D eigenvalue weighted by Crippen LogP contribution is -1.92. The first-order valence-electron chi connectivity index (χ1n) is 6.59. The van der Waals surface area contributed by atoms with Crippen LogP contribution in [0.2, 0.25) is 0 Å². The molecule has 20 heavy (non-hydrogen) atoms. The Kier molecular flexibility index (Phi) is 2.86. The van der Waals surface area contributed by atoms with E-state index in [1.807, 2.05) is 29.5 Å². The predicted octanol–water partition coefficient (Wildman–Crippen LogP) is 4.16. The van der Waals surface area contributed by atoms with E-state index in [2.05, 4.69) is 27.0 Å². The summed E-state index contributed by atoms with van der Waals surface area (Å²) in [7, 11) is 0. The Balaban J connectivity index is 1.74. The highest BCUT2D eigenvalue weighted by Gasteiger charge is 2.20. The second-order valence-corrected chi connectivity index (χ2v) is 7.17. The molecule has 0 fully saturated rings. The molecular weight excluding hydrogens is 338 g/mol. The maximum atomic E-state index is 11.2. The number of rotatable bonds is 2. The first-order valence-corrected chi connectivity index (χ1v) is 8.32. The number of fused-ring (bicyclic) bond motifs is 2. The molecule has 4 rings (SSSR count). The van der Waals surface area contributed by atoms with Crippen molar-refractivity contribution < 1.29 is 4.42 Å². The zero-order valence-electron chi connectivity index (χ0n) is 10.6. The average molecular weight is 350 g/mol. The highest BCUT2D eigenvalue weighted by atomic mass is 79.9. The molecule has 0 aliphatic heterocycles. The van der Waals surface area contributed by atoms with Crippen LogP contribution in [0.3, 0.4) is 0 Å². The summed E-state index contributed by atoms with van der Waals surface area (Å²) in [5.74, 6) is -0.404. The van der Waals surface area contributed by atoms with Crippen LogP contribution in [0.4, 0.5) is 0 Å². The Morgan fingerprint density at radius 3 is 3.05 bits per heavy atom. The van der Waals surface area contributed by atoms with Crippen LogP contribution in [0, 0.1) is 0 Å². The molecule has 1 N–H and O–H groups in total. The third-order valence-corrected chi connectivity index (χ3v) is 6.38. The van der Waals surface area contributed by atoms with Gasteiger partial charge in [0.25, 0.3) is 0 Å². The summed E-state index contributed by atoms with van der Waals surface area (Å²) in [5, 5.41) is 0. The predicted molar refractivity (Wildman–Crippen MR) is 83.9 cm³/mol. The Bertz CT molecular complexity index is 824. The van der Waals surface area contributed by atoms with Crippen molar-refractivity contribution in [2.75, 3.05) is 0 Å². The second kappa shape index (κ2) is 4.60. The van der Waals surface area contributed by atoms with Crippen molar-refractivity contribution in [3.8, 4) is 0 Å². The van der Waals surface area contributed by atoms with Crippen molar-refractivity contribution in [3.05, 3.63) is 55.7 Å². The summed E-state index contributed by atoms with van der Waals surface area (Å²) in [6, 6.07) is 8.16. The number of aromatic nitrogens is 1. The molecule has 3 aromatic rings. The molecule has 2 aromatic heterocycles. The number of oxazole rings is 1. The summed E-state index contributed by atoms with van der Waals surface area (Å²) in [4.78, 5) is 16.9. The maximum Gasteiger partial charge on any atom is 0.417 e. The minimum atomic E-state index is -0.404. The number of benzene rings is 1.